The summed E-state index contributed by atoms with van der Waals surface area (Å²) in [6.07, 6.45) is 4.79. The molecule has 3 aromatic rings. The summed E-state index contributed by atoms with van der Waals surface area (Å²) in [4.78, 5) is 31.4. The lowest BCUT2D eigenvalue weighted by Crippen LogP contribution is -2.07. The number of nitrogens with zero attached hydrogens (tertiary/aromatic N) is 3. The Kier molecular flexibility index (Phi) is 4.24. The molecule has 0 atom stereocenters. The number of nitrogens with one attached hydrogen (secondary N) is 1. The number of ether oxygens (including phenoxy) is 1. The highest BCUT2D eigenvalue weighted by atomic mass is 16.5. The van der Waals surface area contributed by atoms with Gasteiger partial charge < -0.3 is 10.1 Å². The Labute approximate surface area is 138 Å². The van der Waals surface area contributed by atoms with Crippen LogP contribution in [-0.4, -0.2) is 32.9 Å². The Bertz CT molecular complexity index is 900. The van der Waals surface area contributed by atoms with Crippen molar-refractivity contribution in [1.82, 2.24) is 14.4 Å². The number of esters is 1. The van der Waals surface area contributed by atoms with Crippen LogP contribution in [0.2, 0.25) is 0 Å². The van der Waals surface area contributed by atoms with Gasteiger partial charge in [-0.2, -0.15) is 0 Å². The van der Waals surface area contributed by atoms with Gasteiger partial charge in [-0.1, -0.05) is 12.1 Å². The van der Waals surface area contributed by atoms with Crippen molar-refractivity contribution in [2.24, 2.45) is 0 Å². The molecule has 0 saturated heterocycles. The first-order chi connectivity index (χ1) is 11.6. The van der Waals surface area contributed by atoms with Crippen molar-refractivity contribution in [3.8, 4) is 11.3 Å². The number of carbonyl (C=O) groups excluding carboxylic acids is 2. The molecule has 24 heavy (non-hydrogen) atoms. The summed E-state index contributed by atoms with van der Waals surface area (Å²) in [7, 11) is 0. The van der Waals surface area contributed by atoms with Crippen molar-refractivity contribution >= 4 is 23.3 Å². The van der Waals surface area contributed by atoms with E-state index in [1.165, 1.54) is 13.1 Å². The van der Waals surface area contributed by atoms with Crippen LogP contribution in [0.5, 0.6) is 0 Å². The molecule has 0 unspecified atom stereocenters. The molecule has 7 nitrogen and oxygen atoms in total. The van der Waals surface area contributed by atoms with E-state index in [4.69, 9.17) is 4.74 Å². The van der Waals surface area contributed by atoms with Crippen molar-refractivity contribution in [2.75, 3.05) is 11.9 Å². The van der Waals surface area contributed by atoms with Crippen molar-refractivity contribution in [3.63, 3.8) is 0 Å². The zero-order chi connectivity index (χ0) is 17.1. The van der Waals surface area contributed by atoms with Gasteiger partial charge in [0.25, 0.3) is 0 Å². The molecule has 2 aromatic heterocycles. The molecule has 7 heteroatoms. The van der Waals surface area contributed by atoms with Gasteiger partial charge in [0.05, 0.1) is 24.1 Å². The molecule has 0 aliphatic heterocycles. The normalized spacial score (nSPS) is 10.6. The second kappa shape index (κ2) is 6.49. The maximum Gasteiger partial charge on any atom is 0.341 e. The molecule has 0 fully saturated rings. The van der Waals surface area contributed by atoms with Crippen LogP contribution in [0.4, 0.5) is 5.69 Å². The molecule has 0 aliphatic carbocycles. The summed E-state index contributed by atoms with van der Waals surface area (Å²) in [6, 6.07) is 7.34. The predicted molar refractivity (Wildman–Crippen MR) is 88.7 cm³/mol. The number of rotatable bonds is 4. The zero-order valence-corrected chi connectivity index (χ0v) is 13.3. The van der Waals surface area contributed by atoms with Gasteiger partial charge in [0.15, 0.2) is 0 Å². The van der Waals surface area contributed by atoms with Gasteiger partial charge in [-0.05, 0) is 19.1 Å². The second-order valence-electron chi connectivity index (χ2n) is 5.14. The Balaban J connectivity index is 1.98. The summed E-state index contributed by atoms with van der Waals surface area (Å²) in [6.45, 7) is 3.52. The number of carbonyl (C=O) groups is 2. The quantitative estimate of drug-likeness (QED) is 0.745. The van der Waals surface area contributed by atoms with Crippen LogP contribution in [-0.2, 0) is 9.53 Å². The maximum atomic E-state index is 11.9. The van der Waals surface area contributed by atoms with Gasteiger partial charge in [-0.15, -0.1) is 0 Å². The van der Waals surface area contributed by atoms with Crippen molar-refractivity contribution in [1.29, 1.82) is 0 Å². The van der Waals surface area contributed by atoms with E-state index < -0.39 is 5.97 Å². The van der Waals surface area contributed by atoms with Crippen LogP contribution < -0.4 is 5.32 Å². The maximum absolute atomic E-state index is 11.9. The molecule has 0 aliphatic rings. The summed E-state index contributed by atoms with van der Waals surface area (Å²) in [5.74, 6) is -0.0580. The lowest BCUT2D eigenvalue weighted by Gasteiger charge is -2.06. The lowest BCUT2D eigenvalue weighted by molar-refractivity contribution is -0.114. The molecule has 1 amide bonds. The molecule has 1 aromatic carbocycles. The van der Waals surface area contributed by atoms with Gasteiger partial charge in [0, 0.05) is 30.6 Å². The predicted octanol–water partition coefficient (Wildman–Crippen LogP) is 2.53. The Morgan fingerprint density at radius 3 is 2.54 bits per heavy atom. The monoisotopic (exact) mass is 324 g/mol. The topological polar surface area (TPSA) is 85.6 Å². The molecule has 0 bridgehead atoms. The standard InChI is InChI=1S/C17H16N4O3/c1-3-24-16(23)13-8-18-17-19-9-15(21(17)10-13)12-4-6-14(7-5-12)20-11(2)22/h4-10H,3H2,1-2H3,(H,20,22). The first-order valence-electron chi connectivity index (χ1n) is 7.46. The van der Waals surface area contributed by atoms with Crippen LogP contribution >= 0.6 is 0 Å². The van der Waals surface area contributed by atoms with E-state index >= 15 is 0 Å². The van der Waals surface area contributed by atoms with Crippen LogP contribution in [0.1, 0.15) is 24.2 Å². The van der Waals surface area contributed by atoms with Gasteiger partial charge in [-0.25, -0.2) is 14.8 Å². The summed E-state index contributed by atoms with van der Waals surface area (Å²) in [5, 5.41) is 2.72. The molecule has 1 N–H and O–H groups in total. The highest BCUT2D eigenvalue weighted by Gasteiger charge is 2.12. The van der Waals surface area contributed by atoms with E-state index in [0.717, 1.165) is 11.3 Å². The number of anilines is 1. The number of hydrogen-bond acceptors (Lipinski definition) is 5. The average molecular weight is 324 g/mol. The first-order valence-corrected chi connectivity index (χ1v) is 7.46. The van der Waals surface area contributed by atoms with Crippen LogP contribution in [0.25, 0.3) is 17.0 Å². The fourth-order valence-corrected chi connectivity index (χ4v) is 2.33. The first kappa shape index (κ1) is 15.7. The minimum atomic E-state index is -0.424. The van der Waals surface area contributed by atoms with Crippen LogP contribution in [0, 0.1) is 0 Å². The minimum absolute atomic E-state index is 0.124. The summed E-state index contributed by atoms with van der Waals surface area (Å²) < 4.78 is 6.73. The fourth-order valence-electron chi connectivity index (χ4n) is 2.33. The number of imidazole rings is 1. The number of amides is 1. The Hall–Kier alpha value is -3.22. The SMILES string of the molecule is CCOC(=O)c1cnc2ncc(-c3ccc(NC(C)=O)cc3)n2c1. The third-order valence-electron chi connectivity index (χ3n) is 3.38. The van der Waals surface area contributed by atoms with E-state index in [0.29, 0.717) is 23.6 Å². The number of aromatic nitrogens is 3. The molecule has 0 radical (unpaired) electrons. The molecular weight excluding hydrogens is 308 g/mol. The summed E-state index contributed by atoms with van der Waals surface area (Å²) >= 11 is 0. The van der Waals surface area contributed by atoms with Gasteiger partial charge in [0.1, 0.15) is 0 Å². The molecule has 122 valence electrons. The Morgan fingerprint density at radius 1 is 1.17 bits per heavy atom. The molecule has 0 saturated carbocycles. The average Bonchev–Trinajstić information content (AvgIpc) is 2.98. The van der Waals surface area contributed by atoms with E-state index in [9.17, 15) is 9.59 Å². The van der Waals surface area contributed by atoms with E-state index in [1.807, 2.05) is 12.1 Å². The van der Waals surface area contributed by atoms with E-state index in [-0.39, 0.29) is 5.91 Å². The Morgan fingerprint density at radius 2 is 1.88 bits per heavy atom. The van der Waals surface area contributed by atoms with Crippen molar-refractivity contribution < 1.29 is 14.3 Å². The van der Waals surface area contributed by atoms with Crippen LogP contribution in [0.15, 0.2) is 42.9 Å². The largest absolute Gasteiger partial charge is 0.462 e. The number of hydrogen-bond donors (Lipinski definition) is 1. The molecule has 0 spiro atoms. The smallest absolute Gasteiger partial charge is 0.341 e. The van der Waals surface area contributed by atoms with Gasteiger partial charge in [-0.3, -0.25) is 9.20 Å². The van der Waals surface area contributed by atoms with E-state index in [2.05, 4.69) is 15.3 Å². The van der Waals surface area contributed by atoms with Crippen molar-refractivity contribution in [2.45, 2.75) is 13.8 Å². The lowest BCUT2D eigenvalue weighted by atomic mass is 10.1. The third kappa shape index (κ3) is 3.10. The van der Waals surface area contributed by atoms with Crippen molar-refractivity contribution in [3.05, 3.63) is 48.4 Å². The van der Waals surface area contributed by atoms with E-state index in [1.54, 1.807) is 35.9 Å². The molecule has 3 rings (SSSR count). The molecule has 2 heterocycles. The zero-order valence-electron chi connectivity index (χ0n) is 13.3. The number of fused-ring (bicyclic) bond motifs is 1. The highest BCUT2D eigenvalue weighted by Crippen LogP contribution is 2.22. The second-order valence-corrected chi connectivity index (χ2v) is 5.14. The van der Waals surface area contributed by atoms with Crippen LogP contribution in [0.3, 0.4) is 0 Å². The molecular formula is C17H16N4O3. The minimum Gasteiger partial charge on any atom is -0.462 e. The summed E-state index contributed by atoms with van der Waals surface area (Å²) in [5.41, 5.74) is 2.75. The fraction of sp³-hybridized carbons (Fsp3) is 0.176. The third-order valence-corrected chi connectivity index (χ3v) is 3.38. The van der Waals surface area contributed by atoms with Gasteiger partial charge >= 0.3 is 5.97 Å². The highest BCUT2D eigenvalue weighted by molar-refractivity contribution is 5.89. The number of benzene rings is 1. The van der Waals surface area contributed by atoms with Gasteiger partial charge in [0.2, 0.25) is 11.7 Å².